The number of imidazole rings is 1. The normalized spacial score (nSPS) is 11.0. The first-order valence-electron chi connectivity index (χ1n) is 4.56. The van der Waals surface area contributed by atoms with Crippen LogP contribution in [0.2, 0.25) is 0 Å². The Kier molecular flexibility index (Phi) is 1.58. The van der Waals surface area contributed by atoms with Gasteiger partial charge in [-0.1, -0.05) is 0 Å². The molecule has 0 aromatic carbocycles. The topological polar surface area (TPSA) is 67.6 Å². The van der Waals surface area contributed by atoms with Crippen molar-refractivity contribution in [3.8, 4) is 11.5 Å². The highest BCUT2D eigenvalue weighted by atomic mass is 16.3. The average molecular weight is 200 g/mol. The molecule has 0 saturated carbocycles. The van der Waals surface area contributed by atoms with Crippen molar-refractivity contribution >= 4 is 11.2 Å². The Morgan fingerprint density at radius 3 is 3.07 bits per heavy atom. The number of furan rings is 1. The number of rotatable bonds is 1. The Bertz CT molecular complexity index is 597. The Balaban J connectivity index is 2.38. The molecule has 3 rings (SSSR count). The average Bonchev–Trinajstić information content (AvgIpc) is 2.86. The monoisotopic (exact) mass is 200 g/mol. The molecule has 0 unspecified atom stereocenters. The van der Waals surface area contributed by atoms with Crippen molar-refractivity contribution in [2.45, 2.75) is 6.92 Å². The smallest absolute Gasteiger partial charge is 0.161 e. The number of hydrogen-bond donors (Lipinski definition) is 1. The first-order chi connectivity index (χ1) is 7.34. The van der Waals surface area contributed by atoms with E-state index in [1.165, 1.54) is 0 Å². The number of fused-ring (bicyclic) bond motifs is 1. The van der Waals surface area contributed by atoms with Gasteiger partial charge < -0.3 is 9.40 Å². The van der Waals surface area contributed by atoms with Crippen molar-refractivity contribution < 1.29 is 4.42 Å². The van der Waals surface area contributed by atoms with E-state index in [1.807, 2.05) is 19.1 Å². The zero-order valence-electron chi connectivity index (χ0n) is 8.06. The fourth-order valence-electron chi connectivity index (χ4n) is 1.53. The predicted molar refractivity (Wildman–Crippen MR) is 54.1 cm³/mol. The summed E-state index contributed by atoms with van der Waals surface area (Å²) in [6, 6.07) is 3.68. The van der Waals surface area contributed by atoms with E-state index in [2.05, 4.69) is 19.9 Å². The largest absolute Gasteiger partial charge is 0.463 e. The van der Waals surface area contributed by atoms with Crippen molar-refractivity contribution in [2.75, 3.05) is 0 Å². The molecule has 3 heterocycles. The third-order valence-corrected chi connectivity index (χ3v) is 2.15. The number of aromatic amines is 1. The lowest BCUT2D eigenvalue weighted by Gasteiger charge is -1.98. The van der Waals surface area contributed by atoms with Crippen LogP contribution in [0.1, 0.15) is 5.82 Å². The molecule has 0 aliphatic rings. The molecular weight excluding hydrogens is 192 g/mol. The Morgan fingerprint density at radius 2 is 2.27 bits per heavy atom. The Hall–Kier alpha value is -2.17. The number of aryl methyl sites for hydroxylation is 1. The van der Waals surface area contributed by atoms with Gasteiger partial charge in [-0.2, -0.15) is 0 Å². The lowest BCUT2D eigenvalue weighted by atomic mass is 10.3. The SMILES string of the molecule is Cc1nc(-c2ccco2)c2nc[nH]c2n1. The van der Waals surface area contributed by atoms with Gasteiger partial charge >= 0.3 is 0 Å². The highest BCUT2D eigenvalue weighted by Gasteiger charge is 2.11. The molecule has 0 saturated heterocycles. The second-order valence-corrected chi connectivity index (χ2v) is 3.20. The van der Waals surface area contributed by atoms with Crippen LogP contribution >= 0.6 is 0 Å². The van der Waals surface area contributed by atoms with Crippen LogP contribution in [0.15, 0.2) is 29.1 Å². The molecule has 74 valence electrons. The zero-order valence-corrected chi connectivity index (χ0v) is 8.06. The van der Waals surface area contributed by atoms with E-state index >= 15 is 0 Å². The maximum atomic E-state index is 5.31. The van der Waals surface area contributed by atoms with E-state index in [-0.39, 0.29) is 0 Å². The van der Waals surface area contributed by atoms with E-state index in [0.717, 1.165) is 16.9 Å². The predicted octanol–water partition coefficient (Wildman–Crippen LogP) is 1.92. The van der Waals surface area contributed by atoms with Crippen LogP contribution in [0, 0.1) is 6.92 Å². The van der Waals surface area contributed by atoms with Gasteiger partial charge in [0.1, 0.15) is 17.0 Å². The fourth-order valence-corrected chi connectivity index (χ4v) is 1.53. The Labute approximate surface area is 85.2 Å². The minimum Gasteiger partial charge on any atom is -0.463 e. The van der Waals surface area contributed by atoms with Gasteiger partial charge in [0.15, 0.2) is 11.4 Å². The van der Waals surface area contributed by atoms with Crippen molar-refractivity contribution in [3.05, 3.63) is 30.5 Å². The number of aromatic nitrogens is 4. The first-order valence-corrected chi connectivity index (χ1v) is 4.56. The summed E-state index contributed by atoms with van der Waals surface area (Å²) in [7, 11) is 0. The number of nitrogens with zero attached hydrogens (tertiary/aromatic N) is 3. The summed E-state index contributed by atoms with van der Waals surface area (Å²) in [5.74, 6) is 1.40. The van der Waals surface area contributed by atoms with Crippen molar-refractivity contribution in [1.29, 1.82) is 0 Å². The molecule has 0 aliphatic heterocycles. The summed E-state index contributed by atoms with van der Waals surface area (Å²) in [5.41, 5.74) is 2.19. The molecule has 0 radical (unpaired) electrons. The third-order valence-electron chi connectivity index (χ3n) is 2.15. The molecule has 5 heteroatoms. The van der Waals surface area contributed by atoms with E-state index in [4.69, 9.17) is 4.42 Å². The highest BCUT2D eigenvalue weighted by Crippen LogP contribution is 2.23. The molecule has 1 N–H and O–H groups in total. The van der Waals surface area contributed by atoms with E-state index in [9.17, 15) is 0 Å². The highest BCUT2D eigenvalue weighted by molar-refractivity contribution is 5.84. The van der Waals surface area contributed by atoms with E-state index in [1.54, 1.807) is 12.6 Å². The van der Waals surface area contributed by atoms with Crippen LogP contribution in [-0.4, -0.2) is 19.9 Å². The summed E-state index contributed by atoms with van der Waals surface area (Å²) >= 11 is 0. The Morgan fingerprint density at radius 1 is 1.33 bits per heavy atom. The standard InChI is InChI=1S/C10H8N4O/c1-6-13-8(7-3-2-4-15-7)9-10(14-6)12-5-11-9/h2-5H,1H3,(H,11,12,13,14). The van der Waals surface area contributed by atoms with Crippen LogP contribution in [0.25, 0.3) is 22.6 Å². The molecule has 0 atom stereocenters. The lowest BCUT2D eigenvalue weighted by molar-refractivity contribution is 0.580. The lowest BCUT2D eigenvalue weighted by Crippen LogP contribution is -1.92. The minimum absolute atomic E-state index is 0.693. The molecule has 5 nitrogen and oxygen atoms in total. The number of nitrogens with one attached hydrogen (secondary N) is 1. The van der Waals surface area contributed by atoms with Crippen LogP contribution in [0.4, 0.5) is 0 Å². The summed E-state index contributed by atoms with van der Waals surface area (Å²) in [6.07, 6.45) is 3.22. The molecular formula is C10H8N4O. The zero-order chi connectivity index (χ0) is 10.3. The molecule has 0 fully saturated rings. The molecule has 0 aliphatic carbocycles. The first kappa shape index (κ1) is 8.16. The van der Waals surface area contributed by atoms with Crippen LogP contribution < -0.4 is 0 Å². The fraction of sp³-hybridized carbons (Fsp3) is 0.100. The van der Waals surface area contributed by atoms with Crippen molar-refractivity contribution in [2.24, 2.45) is 0 Å². The van der Waals surface area contributed by atoms with Gasteiger partial charge in [0.2, 0.25) is 0 Å². The maximum Gasteiger partial charge on any atom is 0.161 e. The molecule has 0 spiro atoms. The van der Waals surface area contributed by atoms with Gasteiger partial charge in [-0.25, -0.2) is 15.0 Å². The molecule has 0 bridgehead atoms. The van der Waals surface area contributed by atoms with Gasteiger partial charge in [0.05, 0.1) is 12.6 Å². The molecule has 3 aromatic heterocycles. The maximum absolute atomic E-state index is 5.31. The van der Waals surface area contributed by atoms with Gasteiger partial charge in [-0.15, -0.1) is 0 Å². The molecule has 15 heavy (non-hydrogen) atoms. The second-order valence-electron chi connectivity index (χ2n) is 3.20. The minimum atomic E-state index is 0.693. The summed E-state index contributed by atoms with van der Waals surface area (Å²) < 4.78 is 5.31. The van der Waals surface area contributed by atoms with Crippen LogP contribution in [-0.2, 0) is 0 Å². The van der Waals surface area contributed by atoms with E-state index in [0.29, 0.717) is 11.6 Å². The van der Waals surface area contributed by atoms with Crippen molar-refractivity contribution in [1.82, 2.24) is 19.9 Å². The molecule has 0 amide bonds. The van der Waals surface area contributed by atoms with Gasteiger partial charge in [-0.3, -0.25) is 0 Å². The van der Waals surface area contributed by atoms with E-state index < -0.39 is 0 Å². The van der Waals surface area contributed by atoms with Gasteiger partial charge in [0.25, 0.3) is 0 Å². The summed E-state index contributed by atoms with van der Waals surface area (Å²) in [4.78, 5) is 15.7. The number of H-pyrrole nitrogens is 1. The quantitative estimate of drug-likeness (QED) is 0.651. The second kappa shape index (κ2) is 2.91. The molecule has 3 aromatic rings. The van der Waals surface area contributed by atoms with Crippen LogP contribution in [0.5, 0.6) is 0 Å². The van der Waals surface area contributed by atoms with Crippen molar-refractivity contribution in [3.63, 3.8) is 0 Å². The summed E-state index contributed by atoms with van der Waals surface area (Å²) in [6.45, 7) is 1.84. The third kappa shape index (κ3) is 1.20. The number of hydrogen-bond acceptors (Lipinski definition) is 4. The van der Waals surface area contributed by atoms with Crippen LogP contribution in [0.3, 0.4) is 0 Å². The van der Waals surface area contributed by atoms with Gasteiger partial charge in [-0.05, 0) is 19.1 Å². The van der Waals surface area contributed by atoms with Gasteiger partial charge in [0, 0.05) is 0 Å². The summed E-state index contributed by atoms with van der Waals surface area (Å²) in [5, 5.41) is 0.